The summed E-state index contributed by atoms with van der Waals surface area (Å²) in [7, 11) is 4.92. The van der Waals surface area contributed by atoms with Gasteiger partial charge in [0.25, 0.3) is 0 Å². The Morgan fingerprint density at radius 3 is 2.31 bits per heavy atom. The average molecular weight is 363 g/mol. The van der Waals surface area contributed by atoms with Crippen LogP contribution in [0.3, 0.4) is 0 Å². The van der Waals surface area contributed by atoms with Crippen LogP contribution in [0.2, 0.25) is 0 Å². The van der Waals surface area contributed by atoms with Gasteiger partial charge in [-0.25, -0.2) is 0 Å². The second kappa shape index (κ2) is 8.60. The first-order chi connectivity index (χ1) is 12.7. The molecule has 2 fully saturated rings. The third-order valence-corrected chi connectivity index (χ3v) is 5.17. The predicted molar refractivity (Wildman–Crippen MR) is 99.0 cm³/mol. The lowest BCUT2D eigenvalue weighted by molar-refractivity contribution is -0.133. The molecule has 1 atom stereocenters. The number of methoxy groups -OCH3 is 3. The third-order valence-electron chi connectivity index (χ3n) is 5.17. The van der Waals surface area contributed by atoms with E-state index >= 15 is 0 Å². The molecule has 3 rings (SSSR count). The Morgan fingerprint density at radius 2 is 1.73 bits per heavy atom. The van der Waals surface area contributed by atoms with Crippen LogP contribution in [0.5, 0.6) is 17.2 Å². The second-order valence-corrected chi connectivity index (χ2v) is 6.78. The summed E-state index contributed by atoms with van der Waals surface area (Å²) in [6.45, 7) is 4.80. The molecule has 2 saturated heterocycles. The predicted octanol–water partition coefficient (Wildman–Crippen LogP) is 1.11. The van der Waals surface area contributed by atoms with Gasteiger partial charge in [-0.15, -0.1) is 0 Å². The molecule has 0 aromatic heterocycles. The summed E-state index contributed by atoms with van der Waals surface area (Å²) >= 11 is 0. The van der Waals surface area contributed by atoms with Gasteiger partial charge in [0.2, 0.25) is 5.91 Å². The molecule has 1 aromatic rings. The first-order valence-corrected chi connectivity index (χ1v) is 9.19. The molecule has 0 radical (unpaired) electrons. The lowest BCUT2D eigenvalue weighted by Gasteiger charge is -2.35. The summed E-state index contributed by atoms with van der Waals surface area (Å²) in [4.78, 5) is 17.0. The zero-order valence-electron chi connectivity index (χ0n) is 15.9. The van der Waals surface area contributed by atoms with E-state index in [0.29, 0.717) is 18.8 Å². The Kier molecular flexibility index (Phi) is 6.21. The van der Waals surface area contributed by atoms with E-state index in [4.69, 9.17) is 14.2 Å². The van der Waals surface area contributed by atoms with Gasteiger partial charge in [-0.05, 0) is 12.8 Å². The van der Waals surface area contributed by atoms with Gasteiger partial charge in [-0.2, -0.15) is 0 Å². The summed E-state index contributed by atoms with van der Waals surface area (Å²) in [6, 6.07) is 3.59. The summed E-state index contributed by atoms with van der Waals surface area (Å²) < 4.78 is 16.4. The molecule has 2 aliphatic rings. The van der Waals surface area contributed by atoms with E-state index in [1.54, 1.807) is 21.3 Å². The molecule has 0 spiro atoms. The molecule has 0 aliphatic carbocycles. The molecule has 1 unspecified atom stereocenters. The largest absolute Gasteiger partial charge is 0.496 e. The van der Waals surface area contributed by atoms with E-state index in [9.17, 15) is 4.79 Å². The van der Waals surface area contributed by atoms with Crippen LogP contribution in [0.15, 0.2) is 12.1 Å². The normalized spacial score (nSPS) is 20.9. The summed E-state index contributed by atoms with van der Waals surface area (Å²) in [5, 5.41) is 3.37. The molecule has 0 bridgehead atoms. The highest BCUT2D eigenvalue weighted by Gasteiger charge is 2.31. The molecule has 1 N–H and O–H groups in total. The number of likely N-dealkylation sites (tertiary alicyclic amines) is 1. The van der Waals surface area contributed by atoms with Crippen molar-refractivity contribution in [1.82, 2.24) is 15.1 Å². The summed E-state index contributed by atoms with van der Waals surface area (Å²) in [6.07, 6.45) is 2.23. The van der Waals surface area contributed by atoms with Crippen molar-refractivity contribution in [2.24, 2.45) is 0 Å². The fourth-order valence-corrected chi connectivity index (χ4v) is 3.74. The quantitative estimate of drug-likeness (QED) is 0.817. The Balaban J connectivity index is 1.72. The smallest absolute Gasteiger partial charge is 0.241 e. The number of hydrogen-bond acceptors (Lipinski definition) is 6. The number of ether oxygens (including phenoxy) is 3. The maximum Gasteiger partial charge on any atom is 0.241 e. The monoisotopic (exact) mass is 363 g/mol. The fourth-order valence-electron chi connectivity index (χ4n) is 3.74. The maximum absolute atomic E-state index is 12.7. The molecule has 2 aliphatic heterocycles. The van der Waals surface area contributed by atoms with Crippen molar-refractivity contribution in [2.75, 3.05) is 54.1 Å². The van der Waals surface area contributed by atoms with Crippen molar-refractivity contribution in [2.45, 2.75) is 25.4 Å². The molecular weight excluding hydrogens is 334 g/mol. The number of nitrogens with zero attached hydrogens (tertiary/aromatic N) is 2. The number of hydrogen-bond donors (Lipinski definition) is 1. The van der Waals surface area contributed by atoms with E-state index in [2.05, 4.69) is 10.2 Å². The van der Waals surface area contributed by atoms with Crippen molar-refractivity contribution in [3.05, 3.63) is 17.7 Å². The van der Waals surface area contributed by atoms with Crippen LogP contribution in [0, 0.1) is 0 Å². The van der Waals surface area contributed by atoms with Gasteiger partial charge >= 0.3 is 0 Å². The Hall–Kier alpha value is -1.99. The van der Waals surface area contributed by atoms with Crippen molar-refractivity contribution in [1.29, 1.82) is 0 Å². The number of benzene rings is 1. The van der Waals surface area contributed by atoms with Crippen LogP contribution < -0.4 is 19.5 Å². The Labute approximate surface area is 155 Å². The molecule has 26 heavy (non-hydrogen) atoms. The molecule has 7 heteroatoms. The number of carbonyl (C=O) groups excluding carboxylic acids is 1. The zero-order valence-corrected chi connectivity index (χ0v) is 15.9. The van der Waals surface area contributed by atoms with Crippen molar-refractivity contribution < 1.29 is 19.0 Å². The minimum Gasteiger partial charge on any atom is -0.496 e. The van der Waals surface area contributed by atoms with Gasteiger partial charge in [0.15, 0.2) is 0 Å². The van der Waals surface area contributed by atoms with E-state index in [0.717, 1.165) is 56.1 Å². The van der Waals surface area contributed by atoms with E-state index in [-0.39, 0.29) is 11.9 Å². The van der Waals surface area contributed by atoms with Gasteiger partial charge in [-0.3, -0.25) is 9.69 Å². The van der Waals surface area contributed by atoms with Gasteiger partial charge in [0.05, 0.1) is 32.9 Å². The van der Waals surface area contributed by atoms with E-state index in [1.165, 1.54) is 0 Å². The van der Waals surface area contributed by atoms with E-state index in [1.807, 2.05) is 17.0 Å². The highest BCUT2D eigenvalue weighted by Crippen LogP contribution is 2.35. The molecule has 0 saturated carbocycles. The van der Waals surface area contributed by atoms with Crippen LogP contribution in [0.4, 0.5) is 0 Å². The van der Waals surface area contributed by atoms with Gasteiger partial charge in [0, 0.05) is 51.4 Å². The fraction of sp³-hybridized carbons (Fsp3) is 0.632. The Bertz CT molecular complexity index is 606. The number of rotatable bonds is 6. The van der Waals surface area contributed by atoms with Gasteiger partial charge in [0.1, 0.15) is 17.2 Å². The maximum atomic E-state index is 12.7. The molecule has 2 heterocycles. The molecule has 1 amide bonds. The average Bonchev–Trinajstić information content (AvgIpc) is 3.22. The first-order valence-electron chi connectivity index (χ1n) is 9.19. The Morgan fingerprint density at radius 1 is 1.08 bits per heavy atom. The molecule has 7 nitrogen and oxygen atoms in total. The van der Waals surface area contributed by atoms with E-state index < -0.39 is 0 Å². The number of nitrogens with one attached hydrogen (secondary N) is 1. The first kappa shape index (κ1) is 18.8. The van der Waals surface area contributed by atoms with Crippen molar-refractivity contribution >= 4 is 5.91 Å². The lowest BCUT2D eigenvalue weighted by Crippen LogP contribution is -2.57. The number of piperazine rings is 1. The lowest BCUT2D eigenvalue weighted by atomic mass is 10.1. The zero-order chi connectivity index (χ0) is 18.5. The molecular formula is C19H29N3O4. The van der Waals surface area contributed by atoms with Gasteiger partial charge in [-0.1, -0.05) is 0 Å². The van der Waals surface area contributed by atoms with Crippen LogP contribution in [0.1, 0.15) is 18.4 Å². The molecule has 1 aromatic carbocycles. The standard InChI is InChI=1S/C19H29N3O4/c1-24-14-10-17(25-2)15(18(11-14)26-3)12-21-9-6-20-16(13-21)19(23)22-7-4-5-8-22/h10-11,16,20H,4-9,12-13H2,1-3H3. The van der Waals surface area contributed by atoms with Crippen molar-refractivity contribution in [3.8, 4) is 17.2 Å². The van der Waals surface area contributed by atoms with Crippen LogP contribution in [-0.4, -0.2) is 75.8 Å². The van der Waals surface area contributed by atoms with Crippen molar-refractivity contribution in [3.63, 3.8) is 0 Å². The summed E-state index contributed by atoms with van der Waals surface area (Å²) in [5.74, 6) is 2.40. The van der Waals surface area contributed by atoms with Crippen LogP contribution >= 0.6 is 0 Å². The van der Waals surface area contributed by atoms with Crippen LogP contribution in [-0.2, 0) is 11.3 Å². The SMILES string of the molecule is COc1cc(OC)c(CN2CCNC(C(=O)N3CCCC3)C2)c(OC)c1. The summed E-state index contributed by atoms with van der Waals surface area (Å²) in [5.41, 5.74) is 0.977. The highest BCUT2D eigenvalue weighted by molar-refractivity contribution is 5.82. The molecule has 144 valence electrons. The second-order valence-electron chi connectivity index (χ2n) is 6.78. The van der Waals surface area contributed by atoms with Gasteiger partial charge < -0.3 is 24.4 Å². The third kappa shape index (κ3) is 4.04. The topological polar surface area (TPSA) is 63.3 Å². The highest BCUT2D eigenvalue weighted by atomic mass is 16.5. The number of amides is 1. The number of carbonyl (C=O) groups is 1. The minimum atomic E-state index is -0.142. The minimum absolute atomic E-state index is 0.142. The van der Waals surface area contributed by atoms with Crippen LogP contribution in [0.25, 0.3) is 0 Å².